The number of methoxy groups -OCH3 is 1. The van der Waals surface area contributed by atoms with Crippen molar-refractivity contribution in [3.05, 3.63) is 160 Å². The van der Waals surface area contributed by atoms with Crippen molar-refractivity contribution in [1.29, 1.82) is 0 Å². The predicted molar refractivity (Wildman–Crippen MR) is 336 cm³/mol. The highest BCUT2D eigenvalue weighted by molar-refractivity contribution is 6.05. The number of hydrogen-bond acceptors (Lipinski definition) is 15. The Morgan fingerprint density at radius 2 is 1.24 bits per heavy atom. The van der Waals surface area contributed by atoms with E-state index in [-0.39, 0.29) is 110 Å². The van der Waals surface area contributed by atoms with Crippen LogP contribution >= 0.6 is 0 Å². The number of ketones is 6. The van der Waals surface area contributed by atoms with Crippen LogP contribution in [0.3, 0.4) is 0 Å². The van der Waals surface area contributed by atoms with Crippen LogP contribution in [0.15, 0.2) is 126 Å². The second-order valence-electron chi connectivity index (χ2n) is 23.0. The number of carbonyl (C=O) groups is 8. The highest BCUT2D eigenvalue weighted by atomic mass is 19.2. The lowest BCUT2D eigenvalue weighted by molar-refractivity contribution is -0.154. The van der Waals surface area contributed by atoms with Crippen molar-refractivity contribution in [2.45, 2.75) is 147 Å². The zero-order valence-electron chi connectivity index (χ0n) is 58.8. The van der Waals surface area contributed by atoms with Gasteiger partial charge in [-0.1, -0.05) is 71.2 Å². The van der Waals surface area contributed by atoms with Crippen molar-refractivity contribution in [1.82, 2.24) is 9.97 Å². The third kappa shape index (κ3) is 23.2. The molecule has 0 bridgehead atoms. The molecule has 88 heavy (non-hydrogen) atoms. The number of anilines is 2. The molecule has 4 aliphatic rings. The number of Topliss-reactive ketones (excluding diaryl/α,β-unsaturated/α-hetero) is 5. The minimum Gasteiger partial charge on any atom is -0.497 e. The number of hydrogen-bond donors (Lipinski definition) is 2. The third-order valence-corrected chi connectivity index (χ3v) is 13.4. The molecular formula is C70H83F3N4O11. The quantitative estimate of drug-likeness (QED) is 0.0655. The Hall–Kier alpha value is -8.67. The molecule has 1 unspecified atom stereocenters. The van der Waals surface area contributed by atoms with Gasteiger partial charge in [-0.15, -0.1) is 0 Å². The Morgan fingerprint density at radius 3 is 1.74 bits per heavy atom. The van der Waals surface area contributed by atoms with Crippen molar-refractivity contribution in [2.75, 3.05) is 31.4 Å². The minimum atomic E-state index is -2.22. The molecule has 10 rings (SSSR count). The molecule has 3 aliphatic carbocycles. The molecule has 0 saturated heterocycles. The smallest absolute Gasteiger partial charge is 0.317 e. The molecule has 2 aromatic heterocycles. The molecule has 2 fully saturated rings. The number of pyridine rings is 2. The van der Waals surface area contributed by atoms with Gasteiger partial charge in [-0.25, -0.2) is 13.2 Å². The van der Waals surface area contributed by atoms with E-state index in [0.717, 1.165) is 62.5 Å². The number of benzene rings is 4. The van der Waals surface area contributed by atoms with Crippen LogP contribution in [0.4, 0.5) is 24.5 Å². The van der Waals surface area contributed by atoms with E-state index in [9.17, 15) is 51.5 Å². The van der Waals surface area contributed by atoms with E-state index in [1.165, 1.54) is 40.0 Å². The molecule has 15 nitrogen and oxygen atoms in total. The maximum Gasteiger partial charge on any atom is 0.317 e. The number of aryl methyl sites for hydroxylation is 1. The van der Waals surface area contributed by atoms with Crippen molar-refractivity contribution >= 4 is 79.8 Å². The fraction of sp³-hybridized carbons (Fsp3) is 0.400. The normalized spacial score (nSPS) is 17.9. The maximum absolute atomic E-state index is 14.2. The number of nitrogens with two attached hydrogens (primary N) is 1. The van der Waals surface area contributed by atoms with Gasteiger partial charge in [-0.2, -0.15) is 0 Å². The van der Waals surface area contributed by atoms with Gasteiger partial charge in [-0.3, -0.25) is 48.3 Å². The summed E-state index contributed by atoms with van der Waals surface area (Å²) in [6, 6.07) is 26.1. The lowest BCUT2D eigenvalue weighted by atomic mass is 9.68. The summed E-state index contributed by atoms with van der Waals surface area (Å²) in [5.74, 6) is -4.14. The van der Waals surface area contributed by atoms with Crippen LogP contribution in [0.2, 0.25) is 0 Å². The molecule has 0 amide bonds. The molecule has 0 radical (unpaired) electrons. The number of halogens is 3. The van der Waals surface area contributed by atoms with Gasteiger partial charge >= 0.3 is 11.9 Å². The summed E-state index contributed by atoms with van der Waals surface area (Å²) in [4.78, 5) is 97.7. The Balaban J connectivity index is 0.000000250. The number of allylic oxidation sites excluding steroid dienone is 4. The lowest BCUT2D eigenvalue weighted by Crippen LogP contribution is -2.34. The van der Waals surface area contributed by atoms with Crippen LogP contribution in [0.5, 0.6) is 5.75 Å². The molecule has 6 aromatic rings. The summed E-state index contributed by atoms with van der Waals surface area (Å²) in [6.45, 7) is 13.2. The van der Waals surface area contributed by atoms with Crippen LogP contribution in [0.1, 0.15) is 166 Å². The fourth-order valence-electron chi connectivity index (χ4n) is 9.95. The van der Waals surface area contributed by atoms with E-state index in [4.69, 9.17) is 20.1 Å². The Kier molecular flexibility index (Phi) is 22.8. The van der Waals surface area contributed by atoms with Gasteiger partial charge in [-0.05, 0) is 148 Å². The van der Waals surface area contributed by atoms with Crippen molar-refractivity contribution in [3.63, 3.8) is 0 Å². The number of nitrogens with one attached hydrogen (secondary N) is 1. The lowest BCUT2D eigenvalue weighted by Gasteiger charge is -2.40. The molecule has 2 saturated carbocycles. The van der Waals surface area contributed by atoms with Crippen molar-refractivity contribution < 1.29 is 75.3 Å². The number of esters is 2. The molecule has 3 heterocycles. The molecule has 470 valence electrons. The van der Waals surface area contributed by atoms with Crippen molar-refractivity contribution in [2.24, 2.45) is 16.2 Å². The first-order chi connectivity index (χ1) is 44.2. The highest BCUT2D eigenvalue weighted by Gasteiger charge is 2.41. The first kappa shape index (κ1) is 61.0. The second kappa shape index (κ2) is 32.9. The van der Waals surface area contributed by atoms with Gasteiger partial charge < -0.3 is 25.3 Å². The summed E-state index contributed by atoms with van der Waals surface area (Å²) in [7, 11) is 1.52. The maximum atomic E-state index is 14.2. The summed E-state index contributed by atoms with van der Waals surface area (Å²) in [6.07, 6.45) is 4.15. The molecule has 4 aromatic carbocycles. The molecule has 3 N–H and O–H groups in total. The molecular weight excluding hydrogens is 1130 g/mol. The summed E-state index contributed by atoms with van der Waals surface area (Å²) in [5, 5.41) is 5.46. The fourth-order valence-corrected chi connectivity index (χ4v) is 9.95. The molecule has 18 heteroatoms. The van der Waals surface area contributed by atoms with Gasteiger partial charge in [0.05, 0.1) is 45.6 Å². The van der Waals surface area contributed by atoms with E-state index < -0.39 is 54.0 Å². The van der Waals surface area contributed by atoms with E-state index in [2.05, 4.69) is 38.6 Å². The van der Waals surface area contributed by atoms with Gasteiger partial charge in [0.1, 0.15) is 41.1 Å². The summed E-state index contributed by atoms with van der Waals surface area (Å²) >= 11 is 0. The Bertz CT molecular complexity index is 3780. The number of nitrogens with zero attached hydrogens (tertiary/aromatic N) is 2. The number of fused-ring (bicyclic) bond motifs is 4. The predicted octanol–water partition coefficient (Wildman–Crippen LogP) is 14.4. The van der Waals surface area contributed by atoms with E-state index in [0.29, 0.717) is 28.9 Å². The average Bonchev–Trinajstić information content (AvgIpc) is 0.730. The van der Waals surface area contributed by atoms with Gasteiger partial charge in [0.2, 0.25) is 0 Å². The van der Waals surface area contributed by atoms with Gasteiger partial charge in [0.15, 0.2) is 23.2 Å². The van der Waals surface area contributed by atoms with E-state index in [1.54, 1.807) is 65.2 Å². The highest BCUT2D eigenvalue weighted by Crippen LogP contribution is 2.51. The first-order valence-electron chi connectivity index (χ1n) is 32.0. The van der Waals surface area contributed by atoms with Crippen LogP contribution in [-0.4, -0.2) is 76.9 Å². The Morgan fingerprint density at radius 1 is 0.682 bits per heavy atom. The van der Waals surface area contributed by atoms with Crippen molar-refractivity contribution in [3.8, 4) is 5.75 Å². The first-order valence-corrected chi connectivity index (χ1v) is 28.5. The topological polar surface area (TPSA) is 228 Å². The Labute approximate surface area is 523 Å². The standard InChI is InChI=1S/C24H20F2N2O.C9H8N2.C8H9FO.2C8H12O2.C7H12O4.C6H10O/c1-24(2)11-19-23(20(29)12-24)21(13-5-6-15(25)16(26)10-13)22-14-4-3-9-27-17(14)7-8-18(22)28-19;10-8-3-4-9-7(6-8)2-1-5-11-9;1-6-3-4-7(10-2)5-8(6)9;2*1-8(2)4-6(9)3-7(10)5-8;1-3-10-6(8)5-7(9)11-4-2;1-5(2)4-6(3)7/h3-10,21,28H,11-12H2,1-2H3;1-6H,10H2;3-5H,1-2H3;2*3-5H2,1-2H3;3-5H2,1-2H3;4H,1-3H3/i;;;2*1D3;;4D. The van der Waals surface area contributed by atoms with Gasteiger partial charge in [0.25, 0.3) is 0 Å². The van der Waals surface area contributed by atoms with Crippen LogP contribution in [0, 0.1) is 40.6 Å². The van der Waals surface area contributed by atoms with E-state index in [1.807, 2.05) is 54.6 Å². The largest absolute Gasteiger partial charge is 0.497 e. The molecule has 0 spiro atoms. The number of nitrogen functional groups attached to an aromatic ring is 1. The second-order valence-corrected chi connectivity index (χ2v) is 23.0. The van der Waals surface area contributed by atoms with E-state index >= 15 is 0 Å². The number of aromatic nitrogens is 2. The average molecular weight is 1220 g/mol. The number of carbonyl (C=O) groups excluding carboxylic acids is 8. The zero-order chi connectivity index (χ0) is 71.6. The number of ether oxygens (including phenoxy) is 3. The minimum absolute atomic E-state index is 0.00472. The third-order valence-electron chi connectivity index (χ3n) is 13.4. The van der Waals surface area contributed by atoms with Crippen LogP contribution < -0.4 is 15.8 Å². The molecule has 1 atom stereocenters. The van der Waals surface area contributed by atoms with Gasteiger partial charge in [0, 0.05) is 98.1 Å². The SMILES string of the molecule is CC1(C)CC(=O)C2=C(C1)Nc1ccc3ncccc3c1C2c1ccc(F)c(F)c1.CCOC(=O)CC(=O)OCC.COc1ccc(C)c(F)c1.Nc1ccc2ncccc2c1.[2H]C(C(C)=O)=C(C)C.[2H]C([2H])([2H])C1(C)CC(=O)CC(=O)C1.[2H]C([2H])([2H])C1(C)CC(=O)CC(=O)C1. The summed E-state index contributed by atoms with van der Waals surface area (Å²) < 4.78 is 105. The monoisotopic (exact) mass is 1220 g/mol. The summed E-state index contributed by atoms with van der Waals surface area (Å²) in [5.41, 5.74) is 11.0. The van der Waals surface area contributed by atoms with Crippen LogP contribution in [-0.2, 0) is 47.8 Å². The van der Waals surface area contributed by atoms with Crippen LogP contribution in [0.25, 0.3) is 21.8 Å². The zero-order valence-corrected chi connectivity index (χ0v) is 51.8. The number of rotatable bonds is 7. The molecule has 1 aliphatic heterocycles.